The van der Waals surface area contributed by atoms with Gasteiger partial charge >= 0.3 is 0 Å². The summed E-state index contributed by atoms with van der Waals surface area (Å²) in [5, 5.41) is 3.44. The van der Waals surface area contributed by atoms with Gasteiger partial charge in [0.2, 0.25) is 0 Å². The standard InChI is InChI=1S/C13H10N4OS2/c14-7-9-11(16-12-17(9)5-6-19-12)20-13-15-8-3-1-2-4-10(8)18-13/h1-6H,7,14H2. The zero-order valence-electron chi connectivity index (χ0n) is 10.3. The Morgan fingerprint density at radius 1 is 1.30 bits per heavy atom. The van der Waals surface area contributed by atoms with Gasteiger partial charge in [0.05, 0.1) is 5.69 Å². The van der Waals surface area contributed by atoms with Crippen LogP contribution in [0.3, 0.4) is 0 Å². The number of thiazole rings is 1. The Morgan fingerprint density at radius 2 is 2.20 bits per heavy atom. The number of hydrogen-bond donors (Lipinski definition) is 1. The number of oxazole rings is 1. The smallest absolute Gasteiger partial charge is 0.263 e. The lowest BCUT2D eigenvalue weighted by Gasteiger charge is -1.97. The molecule has 0 spiro atoms. The van der Waals surface area contributed by atoms with Gasteiger partial charge in [0.1, 0.15) is 10.5 Å². The summed E-state index contributed by atoms with van der Waals surface area (Å²) in [4.78, 5) is 9.96. The van der Waals surface area contributed by atoms with Crippen molar-refractivity contribution in [2.45, 2.75) is 16.8 Å². The lowest BCUT2D eigenvalue weighted by Crippen LogP contribution is -2.00. The monoisotopic (exact) mass is 302 g/mol. The fourth-order valence-electron chi connectivity index (χ4n) is 2.06. The third-order valence-corrected chi connectivity index (χ3v) is 4.60. The number of para-hydroxylation sites is 2. The summed E-state index contributed by atoms with van der Waals surface area (Å²) >= 11 is 3.00. The molecule has 1 aromatic carbocycles. The van der Waals surface area contributed by atoms with Gasteiger partial charge in [-0.15, -0.1) is 11.3 Å². The van der Waals surface area contributed by atoms with E-state index in [9.17, 15) is 0 Å². The number of benzene rings is 1. The van der Waals surface area contributed by atoms with E-state index < -0.39 is 0 Å². The quantitative estimate of drug-likeness (QED) is 0.629. The number of rotatable bonds is 3. The summed E-state index contributed by atoms with van der Waals surface area (Å²) in [5.74, 6) is 0. The average Bonchev–Trinajstić information content (AvgIpc) is 3.11. The maximum atomic E-state index is 5.83. The largest absolute Gasteiger partial charge is 0.431 e. The van der Waals surface area contributed by atoms with Crippen molar-refractivity contribution in [1.29, 1.82) is 0 Å². The lowest BCUT2D eigenvalue weighted by atomic mass is 10.3. The fourth-order valence-corrected chi connectivity index (χ4v) is 3.72. The van der Waals surface area contributed by atoms with Crippen molar-refractivity contribution in [2.24, 2.45) is 5.73 Å². The van der Waals surface area contributed by atoms with Crippen LogP contribution in [0.1, 0.15) is 5.69 Å². The van der Waals surface area contributed by atoms with Crippen molar-refractivity contribution in [3.63, 3.8) is 0 Å². The molecule has 0 unspecified atom stereocenters. The van der Waals surface area contributed by atoms with Crippen molar-refractivity contribution in [1.82, 2.24) is 14.4 Å². The topological polar surface area (TPSA) is 69.3 Å². The first-order valence-corrected chi connectivity index (χ1v) is 7.72. The van der Waals surface area contributed by atoms with Gasteiger partial charge in [-0.25, -0.2) is 9.97 Å². The molecule has 2 N–H and O–H groups in total. The summed E-state index contributed by atoms with van der Waals surface area (Å²) in [6, 6.07) is 7.71. The van der Waals surface area contributed by atoms with Crippen molar-refractivity contribution in [3.8, 4) is 0 Å². The second kappa shape index (κ2) is 4.62. The summed E-state index contributed by atoms with van der Waals surface area (Å²) in [7, 11) is 0. The molecule has 0 amide bonds. The second-order valence-corrected chi connectivity index (χ2v) is 5.99. The molecule has 0 aliphatic rings. The summed E-state index contributed by atoms with van der Waals surface area (Å²) in [6.45, 7) is 0.431. The first-order valence-electron chi connectivity index (χ1n) is 6.03. The third-order valence-electron chi connectivity index (χ3n) is 2.98. The van der Waals surface area contributed by atoms with Crippen LogP contribution >= 0.6 is 23.1 Å². The molecule has 3 heterocycles. The van der Waals surface area contributed by atoms with Gasteiger partial charge in [-0.05, 0) is 23.9 Å². The molecule has 5 nitrogen and oxygen atoms in total. The Balaban J connectivity index is 1.77. The van der Waals surface area contributed by atoms with Crippen LogP contribution in [0.5, 0.6) is 0 Å². The molecule has 0 aliphatic heterocycles. The molecule has 4 aromatic rings. The first-order chi connectivity index (χ1) is 9.85. The van der Waals surface area contributed by atoms with Crippen LogP contribution < -0.4 is 5.73 Å². The average molecular weight is 302 g/mol. The highest BCUT2D eigenvalue weighted by atomic mass is 32.2. The SMILES string of the molecule is NCc1c(Sc2nc3ccccc3o2)nc2sccn12. The first kappa shape index (κ1) is 12.0. The van der Waals surface area contributed by atoms with E-state index in [1.165, 1.54) is 11.8 Å². The van der Waals surface area contributed by atoms with Gasteiger partial charge in [0.15, 0.2) is 10.5 Å². The molecule has 0 saturated carbocycles. The van der Waals surface area contributed by atoms with E-state index in [2.05, 4.69) is 9.97 Å². The predicted octanol–water partition coefficient (Wildman–Crippen LogP) is 3.15. The molecule has 0 saturated heterocycles. The molecule has 100 valence electrons. The number of fused-ring (bicyclic) bond motifs is 2. The Morgan fingerprint density at radius 3 is 3.05 bits per heavy atom. The van der Waals surface area contributed by atoms with Gasteiger partial charge < -0.3 is 10.2 Å². The normalized spacial score (nSPS) is 11.7. The molecule has 3 aromatic heterocycles. The minimum absolute atomic E-state index is 0.431. The minimum Gasteiger partial charge on any atom is -0.431 e. The van der Waals surface area contributed by atoms with Crippen LogP contribution in [-0.4, -0.2) is 14.4 Å². The van der Waals surface area contributed by atoms with E-state index in [1.54, 1.807) is 11.3 Å². The van der Waals surface area contributed by atoms with Crippen molar-refractivity contribution < 1.29 is 4.42 Å². The summed E-state index contributed by atoms with van der Waals surface area (Å²) < 4.78 is 7.72. The van der Waals surface area contributed by atoms with Gasteiger partial charge in [0, 0.05) is 18.1 Å². The van der Waals surface area contributed by atoms with Crippen LogP contribution in [0.25, 0.3) is 16.1 Å². The van der Waals surface area contributed by atoms with Gasteiger partial charge in [-0.1, -0.05) is 12.1 Å². The van der Waals surface area contributed by atoms with E-state index in [0.717, 1.165) is 26.8 Å². The molecule has 0 fully saturated rings. The third kappa shape index (κ3) is 1.82. The van der Waals surface area contributed by atoms with E-state index in [-0.39, 0.29) is 0 Å². The highest BCUT2D eigenvalue weighted by Gasteiger charge is 2.16. The molecule has 4 rings (SSSR count). The zero-order chi connectivity index (χ0) is 13.5. The van der Waals surface area contributed by atoms with Crippen LogP contribution in [-0.2, 0) is 6.54 Å². The van der Waals surface area contributed by atoms with Crippen molar-refractivity contribution >= 4 is 39.2 Å². The molecule has 0 bridgehead atoms. The number of hydrogen-bond acceptors (Lipinski definition) is 6. The van der Waals surface area contributed by atoms with Crippen molar-refractivity contribution in [2.75, 3.05) is 0 Å². The molecule has 0 aliphatic carbocycles. The Bertz CT molecular complexity index is 859. The van der Waals surface area contributed by atoms with Gasteiger partial charge in [-0.2, -0.15) is 0 Å². The van der Waals surface area contributed by atoms with E-state index in [1.807, 2.05) is 40.2 Å². The highest BCUT2D eigenvalue weighted by Crippen LogP contribution is 2.32. The number of nitrogens with two attached hydrogens (primary N) is 1. The van der Waals surface area contributed by atoms with Gasteiger partial charge in [0.25, 0.3) is 5.22 Å². The molecule has 0 radical (unpaired) electrons. The Labute approximate surface area is 122 Å². The molecular weight excluding hydrogens is 292 g/mol. The molecule has 0 atom stereocenters. The summed E-state index contributed by atoms with van der Waals surface area (Å²) in [5.41, 5.74) is 8.44. The number of nitrogens with zero attached hydrogens (tertiary/aromatic N) is 3. The Kier molecular flexibility index (Phi) is 2.76. The Hall–Kier alpha value is -1.83. The van der Waals surface area contributed by atoms with Crippen molar-refractivity contribution in [3.05, 3.63) is 41.5 Å². The molecule has 7 heteroatoms. The van der Waals surface area contributed by atoms with E-state index in [0.29, 0.717) is 11.8 Å². The number of aromatic nitrogens is 3. The lowest BCUT2D eigenvalue weighted by molar-refractivity contribution is 0.489. The maximum Gasteiger partial charge on any atom is 0.263 e. The molecular formula is C13H10N4OS2. The predicted molar refractivity (Wildman–Crippen MR) is 79.1 cm³/mol. The van der Waals surface area contributed by atoms with Crippen LogP contribution in [0.2, 0.25) is 0 Å². The molecule has 20 heavy (non-hydrogen) atoms. The summed E-state index contributed by atoms with van der Waals surface area (Å²) in [6.07, 6.45) is 1.98. The minimum atomic E-state index is 0.431. The van der Waals surface area contributed by atoms with E-state index >= 15 is 0 Å². The number of imidazole rings is 1. The van der Waals surface area contributed by atoms with E-state index in [4.69, 9.17) is 10.2 Å². The zero-order valence-corrected chi connectivity index (χ0v) is 11.9. The fraction of sp³-hybridized carbons (Fsp3) is 0.0769. The van der Waals surface area contributed by atoms with Crippen LogP contribution in [0, 0.1) is 0 Å². The van der Waals surface area contributed by atoms with Gasteiger partial charge in [-0.3, -0.25) is 4.40 Å². The second-order valence-electron chi connectivity index (χ2n) is 4.17. The maximum absolute atomic E-state index is 5.83. The van der Waals surface area contributed by atoms with Crippen LogP contribution in [0.15, 0.2) is 50.5 Å². The van der Waals surface area contributed by atoms with Crippen LogP contribution in [0.4, 0.5) is 0 Å². The highest BCUT2D eigenvalue weighted by molar-refractivity contribution is 7.99.